The SMILES string of the molecule is C[C@H](Sc1nnc(NC[C@H]2CCCO2)s1)C(=O)Nc1cccc([N+](=O)[O-])c1. The Hall–Kier alpha value is -2.24. The molecule has 9 nitrogen and oxygen atoms in total. The zero-order valence-corrected chi connectivity index (χ0v) is 16.2. The van der Waals surface area contributed by atoms with E-state index >= 15 is 0 Å². The topological polar surface area (TPSA) is 119 Å². The normalized spacial score (nSPS) is 17.4. The first kappa shape index (κ1) is 19.5. The third kappa shape index (κ3) is 5.62. The molecule has 1 amide bonds. The van der Waals surface area contributed by atoms with E-state index in [2.05, 4.69) is 20.8 Å². The molecule has 1 aromatic heterocycles. The van der Waals surface area contributed by atoms with Crippen LogP contribution in [0.25, 0.3) is 0 Å². The predicted molar refractivity (Wildman–Crippen MR) is 104 cm³/mol. The summed E-state index contributed by atoms with van der Waals surface area (Å²) in [6.45, 7) is 3.25. The minimum atomic E-state index is -0.500. The Balaban J connectivity index is 1.50. The number of aromatic nitrogens is 2. The summed E-state index contributed by atoms with van der Waals surface area (Å²) in [6.07, 6.45) is 2.34. The average Bonchev–Trinajstić information content (AvgIpc) is 3.31. The highest BCUT2D eigenvalue weighted by Crippen LogP contribution is 2.30. The van der Waals surface area contributed by atoms with Gasteiger partial charge in [0.2, 0.25) is 11.0 Å². The van der Waals surface area contributed by atoms with Crippen molar-refractivity contribution in [3.05, 3.63) is 34.4 Å². The van der Waals surface area contributed by atoms with Gasteiger partial charge in [0.25, 0.3) is 5.69 Å². The molecule has 1 fully saturated rings. The number of non-ortho nitro benzene ring substituents is 1. The number of hydrogen-bond acceptors (Lipinski definition) is 9. The van der Waals surface area contributed by atoms with Crippen molar-refractivity contribution in [2.24, 2.45) is 0 Å². The molecule has 0 saturated carbocycles. The number of anilines is 2. The van der Waals surface area contributed by atoms with Crippen molar-refractivity contribution < 1.29 is 14.5 Å². The van der Waals surface area contributed by atoms with Gasteiger partial charge in [-0.15, -0.1) is 10.2 Å². The van der Waals surface area contributed by atoms with Gasteiger partial charge in [-0.05, 0) is 25.8 Å². The highest BCUT2D eigenvalue weighted by Gasteiger charge is 2.19. The van der Waals surface area contributed by atoms with E-state index in [9.17, 15) is 14.9 Å². The number of thioether (sulfide) groups is 1. The van der Waals surface area contributed by atoms with Gasteiger partial charge in [-0.25, -0.2) is 0 Å². The number of hydrogen-bond donors (Lipinski definition) is 2. The molecule has 3 rings (SSSR count). The molecule has 144 valence electrons. The summed E-state index contributed by atoms with van der Waals surface area (Å²) in [5.41, 5.74) is 0.317. The second-order valence-electron chi connectivity index (χ2n) is 5.95. The average molecular weight is 409 g/mol. The van der Waals surface area contributed by atoms with Gasteiger partial charge in [0.15, 0.2) is 4.34 Å². The molecule has 0 bridgehead atoms. The van der Waals surface area contributed by atoms with Crippen molar-refractivity contribution in [3.63, 3.8) is 0 Å². The largest absolute Gasteiger partial charge is 0.376 e. The van der Waals surface area contributed by atoms with Crippen LogP contribution in [-0.4, -0.2) is 45.5 Å². The standard InChI is InChI=1S/C16H19N5O4S2/c1-10(14(22)18-11-4-2-5-12(8-11)21(23)24)26-16-20-19-15(27-16)17-9-13-6-3-7-25-13/h2,4-5,8,10,13H,3,6-7,9H2,1H3,(H,17,19)(H,18,22)/t10-,13+/m0/s1. The zero-order chi connectivity index (χ0) is 19.2. The van der Waals surface area contributed by atoms with Gasteiger partial charge in [-0.3, -0.25) is 14.9 Å². The molecule has 1 aliphatic rings. The molecule has 11 heteroatoms. The summed E-state index contributed by atoms with van der Waals surface area (Å²) < 4.78 is 6.22. The smallest absolute Gasteiger partial charge is 0.271 e. The summed E-state index contributed by atoms with van der Waals surface area (Å²) in [7, 11) is 0. The van der Waals surface area contributed by atoms with E-state index in [0.717, 1.165) is 19.4 Å². The van der Waals surface area contributed by atoms with E-state index in [0.29, 0.717) is 21.7 Å². The van der Waals surface area contributed by atoms with Crippen LogP contribution >= 0.6 is 23.1 Å². The lowest BCUT2D eigenvalue weighted by molar-refractivity contribution is -0.384. The van der Waals surface area contributed by atoms with Gasteiger partial charge in [0.05, 0.1) is 16.3 Å². The van der Waals surface area contributed by atoms with E-state index in [1.54, 1.807) is 13.0 Å². The van der Waals surface area contributed by atoms with E-state index in [-0.39, 0.29) is 17.7 Å². The number of nitro groups is 1. The first-order chi connectivity index (χ1) is 13.0. The zero-order valence-electron chi connectivity index (χ0n) is 14.6. The molecule has 2 atom stereocenters. The number of nitrogens with one attached hydrogen (secondary N) is 2. The van der Waals surface area contributed by atoms with Crippen molar-refractivity contribution in [1.29, 1.82) is 0 Å². The number of carbonyl (C=O) groups excluding carboxylic acids is 1. The fourth-order valence-corrected chi connectivity index (χ4v) is 4.38. The maximum atomic E-state index is 12.3. The summed E-state index contributed by atoms with van der Waals surface area (Å²) in [4.78, 5) is 22.6. The lowest BCUT2D eigenvalue weighted by Gasteiger charge is -2.10. The number of ether oxygens (including phenoxy) is 1. The summed E-state index contributed by atoms with van der Waals surface area (Å²) in [5.74, 6) is -0.260. The molecule has 0 unspecified atom stereocenters. The lowest BCUT2D eigenvalue weighted by Crippen LogP contribution is -2.22. The number of rotatable bonds is 8. The number of nitrogens with zero attached hydrogens (tertiary/aromatic N) is 3. The van der Waals surface area contributed by atoms with Crippen molar-refractivity contribution in [1.82, 2.24) is 10.2 Å². The minimum absolute atomic E-state index is 0.0702. The highest BCUT2D eigenvalue weighted by molar-refractivity contribution is 8.02. The molecular weight excluding hydrogens is 390 g/mol. The van der Waals surface area contributed by atoms with E-state index in [1.165, 1.54) is 41.3 Å². The molecule has 1 saturated heterocycles. The Morgan fingerprint density at radius 1 is 1.52 bits per heavy atom. The molecular formula is C16H19N5O4S2. The Kier molecular flexibility index (Phi) is 6.58. The molecule has 1 aliphatic heterocycles. The number of benzene rings is 1. The molecule has 2 heterocycles. The molecule has 2 aromatic rings. The van der Waals surface area contributed by atoms with Crippen molar-refractivity contribution in [2.75, 3.05) is 23.8 Å². The predicted octanol–water partition coefficient (Wildman–Crippen LogP) is 3.16. The van der Waals surface area contributed by atoms with Gasteiger partial charge >= 0.3 is 0 Å². The van der Waals surface area contributed by atoms with Gasteiger partial charge in [-0.1, -0.05) is 29.2 Å². The molecule has 0 spiro atoms. The highest BCUT2D eigenvalue weighted by atomic mass is 32.2. The van der Waals surface area contributed by atoms with Crippen molar-refractivity contribution in [3.8, 4) is 0 Å². The molecule has 0 radical (unpaired) electrons. The van der Waals surface area contributed by atoms with Crippen molar-refractivity contribution >= 4 is 45.5 Å². The lowest BCUT2D eigenvalue weighted by atomic mass is 10.2. The molecule has 1 aromatic carbocycles. The third-order valence-corrected chi connectivity index (χ3v) is 5.95. The van der Waals surface area contributed by atoms with Gasteiger partial charge in [0.1, 0.15) is 0 Å². The van der Waals surface area contributed by atoms with Crippen LogP contribution in [0.1, 0.15) is 19.8 Å². The van der Waals surface area contributed by atoms with Crippen LogP contribution in [0.15, 0.2) is 28.6 Å². The summed E-state index contributed by atoms with van der Waals surface area (Å²) in [6, 6.07) is 5.84. The second kappa shape index (κ2) is 9.11. The molecule has 27 heavy (non-hydrogen) atoms. The second-order valence-corrected chi connectivity index (χ2v) is 8.51. The Morgan fingerprint density at radius 2 is 2.37 bits per heavy atom. The Labute approximate surface area is 164 Å². The van der Waals surface area contributed by atoms with Gasteiger partial charge < -0.3 is 15.4 Å². The number of nitro benzene ring substituents is 1. The summed E-state index contributed by atoms with van der Waals surface area (Å²) in [5, 5.41) is 25.1. The number of carbonyl (C=O) groups is 1. The fourth-order valence-electron chi connectivity index (χ4n) is 2.48. The quantitative estimate of drug-likeness (QED) is 0.388. The monoisotopic (exact) mass is 409 g/mol. The van der Waals surface area contributed by atoms with E-state index < -0.39 is 10.2 Å². The van der Waals surface area contributed by atoms with Crippen LogP contribution in [0.5, 0.6) is 0 Å². The number of amides is 1. The Bertz CT molecular complexity index is 810. The van der Waals surface area contributed by atoms with Gasteiger partial charge in [-0.2, -0.15) is 0 Å². The van der Waals surface area contributed by atoms with Crippen LogP contribution in [0.2, 0.25) is 0 Å². The van der Waals surface area contributed by atoms with Crippen LogP contribution < -0.4 is 10.6 Å². The first-order valence-electron chi connectivity index (χ1n) is 8.42. The van der Waals surface area contributed by atoms with E-state index in [1.807, 2.05) is 0 Å². The van der Waals surface area contributed by atoms with Crippen LogP contribution in [0, 0.1) is 10.1 Å². The van der Waals surface area contributed by atoms with Crippen LogP contribution in [-0.2, 0) is 9.53 Å². The van der Waals surface area contributed by atoms with Crippen molar-refractivity contribution in [2.45, 2.75) is 35.5 Å². The van der Waals surface area contributed by atoms with Crippen LogP contribution in [0.3, 0.4) is 0 Å². The van der Waals surface area contributed by atoms with Crippen LogP contribution in [0.4, 0.5) is 16.5 Å². The van der Waals surface area contributed by atoms with Gasteiger partial charge in [0, 0.05) is 31.0 Å². The first-order valence-corrected chi connectivity index (χ1v) is 10.1. The molecule has 0 aliphatic carbocycles. The maximum Gasteiger partial charge on any atom is 0.271 e. The Morgan fingerprint density at radius 3 is 3.11 bits per heavy atom. The van der Waals surface area contributed by atoms with E-state index in [4.69, 9.17) is 4.74 Å². The maximum absolute atomic E-state index is 12.3. The fraction of sp³-hybridized carbons (Fsp3) is 0.438. The molecule has 2 N–H and O–H groups in total. The third-order valence-electron chi connectivity index (χ3n) is 3.88. The minimum Gasteiger partial charge on any atom is -0.376 e. The summed E-state index contributed by atoms with van der Waals surface area (Å²) >= 11 is 2.67.